The van der Waals surface area contributed by atoms with E-state index in [-0.39, 0.29) is 27.4 Å². The van der Waals surface area contributed by atoms with E-state index in [4.69, 9.17) is 0 Å². The van der Waals surface area contributed by atoms with Gasteiger partial charge in [0.05, 0.1) is 10.5 Å². The molecule has 0 saturated heterocycles. The Morgan fingerprint density at radius 3 is 2.50 bits per heavy atom. The van der Waals surface area contributed by atoms with Crippen LogP contribution in [-0.4, -0.2) is 14.3 Å². The molecule has 3 rings (SSSR count). The normalized spacial score (nSPS) is 14.5. The number of halogens is 4. The minimum absolute atomic E-state index is 0.0936. The maximum absolute atomic E-state index is 13.0. The van der Waals surface area contributed by atoms with E-state index in [1.54, 1.807) is 0 Å². The van der Waals surface area contributed by atoms with Crippen LogP contribution in [0.5, 0.6) is 0 Å². The van der Waals surface area contributed by atoms with E-state index in [1.165, 1.54) is 24.3 Å². The first-order chi connectivity index (χ1) is 12.1. The Labute approximate surface area is 155 Å². The lowest BCUT2D eigenvalue weighted by atomic mass is 10.0. The van der Waals surface area contributed by atoms with Gasteiger partial charge in [-0.15, -0.1) is 0 Å². The predicted octanol–water partition coefficient (Wildman–Crippen LogP) is 4.15. The summed E-state index contributed by atoms with van der Waals surface area (Å²) in [5.41, 5.74) is -0.000127. The van der Waals surface area contributed by atoms with Crippen molar-refractivity contribution in [3.8, 4) is 0 Å². The fraction of sp³-hybridized carbons (Fsp3) is 0.188. The van der Waals surface area contributed by atoms with Crippen molar-refractivity contribution >= 4 is 43.2 Å². The number of carbonyl (C=O) groups excluding carboxylic acids is 1. The van der Waals surface area contributed by atoms with Crippen LogP contribution in [0.1, 0.15) is 17.5 Å². The molecule has 0 saturated carbocycles. The van der Waals surface area contributed by atoms with Gasteiger partial charge in [-0.2, -0.15) is 13.2 Å². The zero-order chi connectivity index (χ0) is 19.1. The summed E-state index contributed by atoms with van der Waals surface area (Å²) in [6.45, 7) is 0. The van der Waals surface area contributed by atoms with Crippen LogP contribution in [0.25, 0.3) is 0 Å². The second-order valence-corrected chi connectivity index (χ2v) is 8.20. The van der Waals surface area contributed by atoms with Crippen molar-refractivity contribution in [2.24, 2.45) is 0 Å². The van der Waals surface area contributed by atoms with Crippen LogP contribution in [0.2, 0.25) is 0 Å². The number of hydrogen-bond donors (Lipinski definition) is 2. The lowest BCUT2D eigenvalue weighted by Gasteiger charge is -2.18. The second-order valence-electron chi connectivity index (χ2n) is 5.67. The van der Waals surface area contributed by atoms with E-state index >= 15 is 0 Å². The maximum atomic E-state index is 13.0. The monoisotopic (exact) mass is 448 g/mol. The van der Waals surface area contributed by atoms with Gasteiger partial charge in [0.1, 0.15) is 0 Å². The van der Waals surface area contributed by atoms with Crippen molar-refractivity contribution in [3.63, 3.8) is 0 Å². The average Bonchev–Trinajstić information content (AvgIpc) is 2.54. The minimum Gasteiger partial charge on any atom is -0.326 e. The van der Waals surface area contributed by atoms with Gasteiger partial charge >= 0.3 is 6.18 Å². The molecule has 2 aromatic carbocycles. The highest BCUT2D eigenvalue weighted by Gasteiger charge is 2.33. The highest BCUT2D eigenvalue weighted by Crippen LogP contribution is 2.37. The Balaban J connectivity index is 1.92. The molecule has 0 bridgehead atoms. The fourth-order valence-corrected chi connectivity index (χ4v) is 4.12. The Morgan fingerprint density at radius 2 is 1.81 bits per heavy atom. The van der Waals surface area contributed by atoms with Crippen molar-refractivity contribution in [2.45, 2.75) is 23.9 Å². The van der Waals surface area contributed by atoms with Crippen LogP contribution < -0.4 is 10.0 Å². The van der Waals surface area contributed by atoms with Gasteiger partial charge in [0.15, 0.2) is 0 Å². The third kappa shape index (κ3) is 3.85. The summed E-state index contributed by atoms with van der Waals surface area (Å²) in [7, 11) is -4.08. The number of hydrogen-bond acceptors (Lipinski definition) is 3. The van der Waals surface area contributed by atoms with Gasteiger partial charge in [-0.25, -0.2) is 8.42 Å². The number of sulfonamides is 1. The van der Waals surface area contributed by atoms with Gasteiger partial charge in [0, 0.05) is 22.3 Å². The number of anilines is 2. The second kappa shape index (κ2) is 6.58. The molecule has 1 aliphatic heterocycles. The standard InChI is InChI=1S/C16H12BrF3N2O3S/c17-13-4-2-10(8-12(13)16(18,19)20)22-26(24,25)11-3-5-14-9(7-11)1-6-15(23)21-14/h2-5,7-8,22H,1,6H2,(H,21,23). The molecule has 10 heteroatoms. The van der Waals surface area contributed by atoms with Crippen molar-refractivity contribution in [3.05, 3.63) is 52.0 Å². The van der Waals surface area contributed by atoms with Gasteiger partial charge in [0.25, 0.3) is 10.0 Å². The number of carbonyl (C=O) groups is 1. The van der Waals surface area contributed by atoms with Gasteiger partial charge in [0.2, 0.25) is 5.91 Å². The lowest BCUT2D eigenvalue weighted by Crippen LogP contribution is -2.20. The topological polar surface area (TPSA) is 75.3 Å². The lowest BCUT2D eigenvalue weighted by molar-refractivity contribution is -0.138. The molecule has 1 amide bonds. The molecular formula is C16H12BrF3N2O3S. The Morgan fingerprint density at radius 1 is 1.08 bits per heavy atom. The summed E-state index contributed by atoms with van der Waals surface area (Å²) in [5.74, 6) is -0.152. The van der Waals surface area contributed by atoms with Crippen LogP contribution >= 0.6 is 15.9 Å². The van der Waals surface area contributed by atoms with Crippen LogP contribution in [0.3, 0.4) is 0 Å². The van der Waals surface area contributed by atoms with E-state index in [9.17, 15) is 26.4 Å². The first kappa shape index (κ1) is 18.7. The van der Waals surface area contributed by atoms with Crippen molar-refractivity contribution in [1.29, 1.82) is 0 Å². The van der Waals surface area contributed by atoms with Crippen molar-refractivity contribution in [1.82, 2.24) is 0 Å². The van der Waals surface area contributed by atoms with E-state index in [0.717, 1.165) is 12.1 Å². The van der Waals surface area contributed by atoms with E-state index in [2.05, 4.69) is 26.0 Å². The summed E-state index contributed by atoms with van der Waals surface area (Å²) in [6, 6.07) is 7.24. The third-order valence-corrected chi connectivity index (χ3v) is 5.88. The highest BCUT2D eigenvalue weighted by atomic mass is 79.9. The SMILES string of the molecule is O=C1CCc2cc(S(=O)(=O)Nc3ccc(Br)c(C(F)(F)F)c3)ccc2N1. The Kier molecular flexibility index (Phi) is 4.74. The molecule has 138 valence electrons. The van der Waals surface area contributed by atoms with Crippen LogP contribution in [-0.2, 0) is 27.4 Å². The van der Waals surface area contributed by atoms with Crippen molar-refractivity contribution in [2.75, 3.05) is 10.0 Å². The average molecular weight is 449 g/mol. The summed E-state index contributed by atoms with van der Waals surface area (Å²) >= 11 is 2.81. The first-order valence-corrected chi connectivity index (χ1v) is 9.66. The van der Waals surface area contributed by atoms with Crippen LogP contribution in [0.15, 0.2) is 45.8 Å². The Bertz CT molecular complexity index is 991. The highest BCUT2D eigenvalue weighted by molar-refractivity contribution is 9.10. The zero-order valence-electron chi connectivity index (χ0n) is 13.0. The number of aryl methyl sites for hydroxylation is 1. The molecule has 0 aliphatic carbocycles. The quantitative estimate of drug-likeness (QED) is 0.740. The van der Waals surface area contributed by atoms with E-state index in [1.807, 2.05) is 0 Å². The fourth-order valence-electron chi connectivity index (χ4n) is 2.55. The molecule has 0 radical (unpaired) electrons. The van der Waals surface area contributed by atoms with Crippen LogP contribution in [0, 0.1) is 0 Å². The molecule has 0 atom stereocenters. The number of alkyl halides is 3. The van der Waals surface area contributed by atoms with Gasteiger partial charge in [-0.3, -0.25) is 9.52 Å². The summed E-state index contributed by atoms with van der Waals surface area (Å²) in [4.78, 5) is 11.3. The number of benzene rings is 2. The number of amides is 1. The molecule has 26 heavy (non-hydrogen) atoms. The van der Waals surface area contributed by atoms with Gasteiger partial charge in [-0.1, -0.05) is 15.9 Å². The molecule has 0 fully saturated rings. The molecule has 1 aliphatic rings. The largest absolute Gasteiger partial charge is 0.417 e. The molecule has 5 nitrogen and oxygen atoms in total. The molecule has 2 N–H and O–H groups in total. The Hall–Kier alpha value is -2.07. The third-order valence-electron chi connectivity index (χ3n) is 3.81. The molecule has 0 unspecified atom stereocenters. The number of rotatable bonds is 3. The smallest absolute Gasteiger partial charge is 0.326 e. The molecular weight excluding hydrogens is 437 g/mol. The molecule has 0 spiro atoms. The number of nitrogens with one attached hydrogen (secondary N) is 2. The molecule has 0 aromatic heterocycles. The number of fused-ring (bicyclic) bond motifs is 1. The zero-order valence-corrected chi connectivity index (χ0v) is 15.4. The molecule has 1 heterocycles. The van der Waals surface area contributed by atoms with E-state index < -0.39 is 21.8 Å². The summed E-state index contributed by atoms with van der Waals surface area (Å²) < 4.78 is 65.9. The molecule has 2 aromatic rings. The van der Waals surface area contributed by atoms with Gasteiger partial charge in [-0.05, 0) is 48.4 Å². The summed E-state index contributed by atoms with van der Waals surface area (Å²) in [6.07, 6.45) is -3.99. The van der Waals surface area contributed by atoms with E-state index in [0.29, 0.717) is 17.7 Å². The van der Waals surface area contributed by atoms with Crippen molar-refractivity contribution < 1.29 is 26.4 Å². The first-order valence-electron chi connectivity index (χ1n) is 7.38. The summed E-state index contributed by atoms with van der Waals surface area (Å²) in [5, 5.41) is 2.63. The minimum atomic E-state index is -4.62. The van der Waals surface area contributed by atoms with Crippen LogP contribution in [0.4, 0.5) is 24.5 Å². The van der Waals surface area contributed by atoms with Gasteiger partial charge < -0.3 is 5.32 Å². The predicted molar refractivity (Wildman–Crippen MR) is 93.3 cm³/mol. The maximum Gasteiger partial charge on any atom is 0.417 e.